The van der Waals surface area contributed by atoms with E-state index in [4.69, 9.17) is 10.4 Å². The molecule has 0 spiro atoms. The van der Waals surface area contributed by atoms with E-state index in [1.165, 1.54) is 6.92 Å². The van der Waals surface area contributed by atoms with Crippen molar-refractivity contribution in [3.05, 3.63) is 29.8 Å². The number of rotatable bonds is 3. The van der Waals surface area contributed by atoms with Crippen LogP contribution in [-0.2, 0) is 11.3 Å². The third-order valence-electron chi connectivity index (χ3n) is 1.60. The Morgan fingerprint density at radius 2 is 1.93 bits per heavy atom. The number of hydrogen-bond donors (Lipinski definition) is 3. The molecule has 14 heavy (non-hydrogen) atoms. The number of nitrogens with zero attached hydrogens (tertiary/aromatic N) is 1. The molecule has 1 rings (SSSR count). The molecule has 0 radical (unpaired) electrons. The highest BCUT2D eigenvalue weighted by molar-refractivity contribution is 5.88. The van der Waals surface area contributed by atoms with E-state index in [0.29, 0.717) is 5.69 Å². The van der Waals surface area contributed by atoms with Crippen LogP contribution in [0.5, 0.6) is 0 Å². The first-order valence-corrected chi connectivity index (χ1v) is 4.10. The number of nitrogens with one attached hydrogen (secondary N) is 1. The van der Waals surface area contributed by atoms with E-state index in [9.17, 15) is 4.79 Å². The van der Waals surface area contributed by atoms with E-state index in [2.05, 4.69) is 5.32 Å². The Balaban J connectivity index is 2.63. The molecule has 0 saturated heterocycles. The molecule has 0 bridgehead atoms. The molecule has 0 unspecified atom stereocenters. The highest BCUT2D eigenvalue weighted by atomic mass is 16.8. The van der Waals surface area contributed by atoms with Crippen LogP contribution in [0.15, 0.2) is 24.3 Å². The van der Waals surface area contributed by atoms with E-state index < -0.39 is 0 Å². The summed E-state index contributed by atoms with van der Waals surface area (Å²) in [5.74, 6) is -0.135. The van der Waals surface area contributed by atoms with Crippen molar-refractivity contribution >= 4 is 11.6 Å². The highest BCUT2D eigenvalue weighted by Crippen LogP contribution is 2.10. The Bertz CT molecular complexity index is 308. The van der Waals surface area contributed by atoms with Crippen molar-refractivity contribution in [1.29, 1.82) is 0 Å². The van der Waals surface area contributed by atoms with Gasteiger partial charge in [-0.05, 0) is 17.7 Å². The molecule has 0 aliphatic rings. The third kappa shape index (κ3) is 3.53. The van der Waals surface area contributed by atoms with E-state index in [1.807, 2.05) is 0 Å². The summed E-state index contributed by atoms with van der Waals surface area (Å²) < 4.78 is 0. The van der Waals surface area contributed by atoms with Gasteiger partial charge in [0.25, 0.3) is 0 Å². The molecule has 1 amide bonds. The van der Waals surface area contributed by atoms with Crippen LogP contribution in [0.2, 0.25) is 0 Å². The molecule has 0 heterocycles. The Labute approximate surface area is 81.5 Å². The zero-order valence-corrected chi connectivity index (χ0v) is 7.77. The number of carbonyl (C=O) groups excluding carboxylic acids is 1. The van der Waals surface area contributed by atoms with Crippen LogP contribution in [0, 0.1) is 0 Å². The van der Waals surface area contributed by atoms with Crippen LogP contribution >= 0.6 is 0 Å². The van der Waals surface area contributed by atoms with Crippen LogP contribution in [0.3, 0.4) is 0 Å². The van der Waals surface area contributed by atoms with Crippen LogP contribution in [0.4, 0.5) is 5.69 Å². The third-order valence-corrected chi connectivity index (χ3v) is 1.60. The predicted octanol–water partition coefficient (Wildman–Crippen LogP) is 1.23. The van der Waals surface area contributed by atoms with Gasteiger partial charge < -0.3 is 5.32 Å². The lowest BCUT2D eigenvalue weighted by Gasteiger charge is -2.07. The number of hydroxylamine groups is 2. The molecule has 1 aromatic carbocycles. The first-order valence-electron chi connectivity index (χ1n) is 4.10. The summed E-state index contributed by atoms with van der Waals surface area (Å²) in [4.78, 5) is 10.7. The Morgan fingerprint density at radius 1 is 1.36 bits per heavy atom. The molecule has 0 saturated carbocycles. The van der Waals surface area contributed by atoms with Crippen molar-refractivity contribution in [2.45, 2.75) is 13.5 Å². The standard InChI is InChI=1S/C9H12N2O3/c1-7(12)10-9-4-2-8(3-5-9)6-11(13)14/h2-5,13-14H,6H2,1H3,(H,10,12). The Hall–Kier alpha value is -1.43. The minimum absolute atomic E-state index is 0.0281. The summed E-state index contributed by atoms with van der Waals surface area (Å²) in [7, 11) is 0. The molecular formula is C9H12N2O3. The van der Waals surface area contributed by atoms with Gasteiger partial charge in [0.2, 0.25) is 5.91 Å². The minimum Gasteiger partial charge on any atom is -0.326 e. The highest BCUT2D eigenvalue weighted by Gasteiger charge is 1.99. The fraction of sp³-hybridized carbons (Fsp3) is 0.222. The van der Waals surface area contributed by atoms with Gasteiger partial charge in [-0.3, -0.25) is 15.2 Å². The van der Waals surface area contributed by atoms with Gasteiger partial charge in [0, 0.05) is 12.6 Å². The van der Waals surface area contributed by atoms with Gasteiger partial charge in [-0.1, -0.05) is 17.4 Å². The van der Waals surface area contributed by atoms with Gasteiger partial charge in [0.05, 0.1) is 6.54 Å². The summed E-state index contributed by atoms with van der Waals surface area (Å²) in [5, 5.41) is 19.8. The lowest BCUT2D eigenvalue weighted by molar-refractivity contribution is -0.314. The monoisotopic (exact) mass is 196 g/mol. The fourth-order valence-electron chi connectivity index (χ4n) is 1.06. The molecule has 76 valence electrons. The van der Waals surface area contributed by atoms with Crippen molar-refractivity contribution in [2.75, 3.05) is 5.32 Å². The van der Waals surface area contributed by atoms with Crippen molar-refractivity contribution in [1.82, 2.24) is 5.23 Å². The Kier molecular flexibility index (Phi) is 3.58. The first-order chi connectivity index (χ1) is 6.58. The number of benzene rings is 1. The number of anilines is 1. The average molecular weight is 196 g/mol. The van der Waals surface area contributed by atoms with E-state index >= 15 is 0 Å². The second-order valence-corrected chi connectivity index (χ2v) is 2.91. The SMILES string of the molecule is CC(=O)Nc1ccc(CN(O)O)cc1. The smallest absolute Gasteiger partial charge is 0.221 e. The molecule has 0 aromatic heterocycles. The van der Waals surface area contributed by atoms with Crippen molar-refractivity contribution < 1.29 is 15.2 Å². The molecule has 0 aliphatic heterocycles. The maximum Gasteiger partial charge on any atom is 0.221 e. The second kappa shape index (κ2) is 4.71. The van der Waals surface area contributed by atoms with Gasteiger partial charge in [-0.2, -0.15) is 0 Å². The summed E-state index contributed by atoms with van der Waals surface area (Å²) >= 11 is 0. The summed E-state index contributed by atoms with van der Waals surface area (Å²) in [5.41, 5.74) is 1.42. The number of hydrogen-bond acceptors (Lipinski definition) is 4. The zero-order valence-electron chi connectivity index (χ0n) is 7.77. The number of carbonyl (C=O) groups is 1. The average Bonchev–Trinajstić information content (AvgIpc) is 2.06. The lowest BCUT2D eigenvalue weighted by Crippen LogP contribution is -2.12. The van der Waals surface area contributed by atoms with Crippen molar-refractivity contribution in [2.24, 2.45) is 0 Å². The summed E-state index contributed by atoms with van der Waals surface area (Å²) in [6, 6.07) is 6.79. The maximum atomic E-state index is 10.7. The molecule has 0 aliphatic carbocycles. The molecule has 0 atom stereocenters. The minimum atomic E-state index is -0.135. The summed E-state index contributed by atoms with van der Waals surface area (Å²) in [6.45, 7) is 1.46. The quantitative estimate of drug-likeness (QED) is 0.635. The summed E-state index contributed by atoms with van der Waals surface area (Å²) in [6.07, 6.45) is 0. The molecule has 0 fully saturated rings. The molecule has 1 aromatic rings. The normalized spacial score (nSPS) is 10.3. The topological polar surface area (TPSA) is 72.8 Å². The molecular weight excluding hydrogens is 184 g/mol. The fourth-order valence-corrected chi connectivity index (χ4v) is 1.06. The van der Waals surface area contributed by atoms with E-state index in [0.717, 1.165) is 5.56 Å². The van der Waals surface area contributed by atoms with Crippen molar-refractivity contribution in [3.63, 3.8) is 0 Å². The van der Waals surface area contributed by atoms with Gasteiger partial charge in [-0.25, -0.2) is 0 Å². The van der Waals surface area contributed by atoms with Gasteiger partial charge >= 0.3 is 0 Å². The molecule has 3 N–H and O–H groups in total. The van der Waals surface area contributed by atoms with Crippen LogP contribution in [-0.4, -0.2) is 21.5 Å². The largest absolute Gasteiger partial charge is 0.326 e. The van der Waals surface area contributed by atoms with Gasteiger partial charge in [0.1, 0.15) is 0 Å². The van der Waals surface area contributed by atoms with Crippen LogP contribution < -0.4 is 5.32 Å². The van der Waals surface area contributed by atoms with Gasteiger partial charge in [0.15, 0.2) is 0 Å². The zero-order chi connectivity index (χ0) is 10.6. The van der Waals surface area contributed by atoms with E-state index in [1.54, 1.807) is 24.3 Å². The van der Waals surface area contributed by atoms with Crippen LogP contribution in [0.25, 0.3) is 0 Å². The van der Waals surface area contributed by atoms with Crippen LogP contribution in [0.1, 0.15) is 12.5 Å². The van der Waals surface area contributed by atoms with E-state index in [-0.39, 0.29) is 17.7 Å². The lowest BCUT2D eigenvalue weighted by atomic mass is 10.2. The maximum absolute atomic E-state index is 10.7. The molecule has 5 nitrogen and oxygen atoms in total. The van der Waals surface area contributed by atoms with Gasteiger partial charge in [-0.15, -0.1) is 0 Å². The second-order valence-electron chi connectivity index (χ2n) is 2.91. The predicted molar refractivity (Wildman–Crippen MR) is 49.9 cm³/mol. The number of amides is 1. The first kappa shape index (κ1) is 10.6. The van der Waals surface area contributed by atoms with Crippen molar-refractivity contribution in [3.8, 4) is 0 Å². The Morgan fingerprint density at radius 3 is 2.36 bits per heavy atom. The molecule has 5 heteroatoms.